The highest BCUT2D eigenvalue weighted by Gasteiger charge is 2.00. The Labute approximate surface area is 109 Å². The Morgan fingerprint density at radius 3 is 1.94 bits per heavy atom. The van der Waals surface area contributed by atoms with E-state index in [1.807, 2.05) is 0 Å². The second kappa shape index (κ2) is 4.97. The van der Waals surface area contributed by atoms with Crippen LogP contribution in [-0.4, -0.2) is 0 Å². The van der Waals surface area contributed by atoms with Gasteiger partial charge in [0.05, 0.1) is 0 Å². The predicted molar refractivity (Wildman–Crippen MR) is 77.2 cm³/mol. The summed E-state index contributed by atoms with van der Waals surface area (Å²) in [5.74, 6) is 0. The molecule has 0 unspecified atom stereocenters. The first-order valence-electron chi connectivity index (χ1n) is 5.91. The topological polar surface area (TPSA) is 0 Å². The van der Waals surface area contributed by atoms with Crippen molar-refractivity contribution in [1.82, 2.24) is 0 Å². The van der Waals surface area contributed by atoms with Crippen LogP contribution in [0.25, 0.3) is 0 Å². The Balaban J connectivity index is 2.25. The summed E-state index contributed by atoms with van der Waals surface area (Å²) in [4.78, 5) is 1.06. The van der Waals surface area contributed by atoms with Gasteiger partial charge in [0.2, 0.25) is 0 Å². The second-order valence-corrected chi connectivity index (χ2v) is 5.20. The van der Waals surface area contributed by atoms with Gasteiger partial charge in [-0.3, -0.25) is 0 Å². The van der Waals surface area contributed by atoms with Gasteiger partial charge in [-0.15, -0.1) is 12.6 Å². The van der Waals surface area contributed by atoms with Crippen molar-refractivity contribution in [1.29, 1.82) is 0 Å². The zero-order chi connectivity index (χ0) is 12.4. The molecule has 17 heavy (non-hydrogen) atoms. The molecule has 0 bridgehead atoms. The molecule has 2 rings (SSSR count). The van der Waals surface area contributed by atoms with Gasteiger partial charge in [0.15, 0.2) is 0 Å². The first kappa shape index (κ1) is 12.3. The van der Waals surface area contributed by atoms with Gasteiger partial charge in [0, 0.05) is 4.90 Å². The lowest BCUT2D eigenvalue weighted by Gasteiger charge is -2.07. The fourth-order valence-electron chi connectivity index (χ4n) is 1.98. The lowest BCUT2D eigenvalue weighted by Crippen LogP contribution is -1.91. The Bertz CT molecular complexity index is 492. The summed E-state index contributed by atoms with van der Waals surface area (Å²) in [5.41, 5.74) is 6.69. The van der Waals surface area contributed by atoms with E-state index < -0.39 is 0 Å². The molecular formula is C16H18S. The van der Waals surface area contributed by atoms with Crippen molar-refractivity contribution >= 4 is 12.6 Å². The maximum absolute atomic E-state index is 4.40. The molecule has 0 atom stereocenters. The zero-order valence-corrected chi connectivity index (χ0v) is 11.5. The average Bonchev–Trinajstić information content (AvgIpc) is 2.29. The standard InChI is InChI=1S/C16H18S/c1-11-4-5-14(8-12(11)2)10-15-6-7-16(17)13(3)9-15/h4-9,17H,10H2,1-3H3. The second-order valence-electron chi connectivity index (χ2n) is 4.72. The van der Waals surface area contributed by atoms with Crippen LogP contribution in [0.1, 0.15) is 27.8 Å². The zero-order valence-electron chi connectivity index (χ0n) is 10.6. The summed E-state index contributed by atoms with van der Waals surface area (Å²) in [6.45, 7) is 6.42. The number of hydrogen-bond acceptors (Lipinski definition) is 1. The summed E-state index contributed by atoms with van der Waals surface area (Å²) in [6.07, 6.45) is 0.996. The maximum atomic E-state index is 4.40. The molecule has 1 heteroatoms. The molecule has 0 fully saturated rings. The molecule has 0 radical (unpaired) electrons. The molecule has 0 aliphatic heterocycles. The summed E-state index contributed by atoms with van der Waals surface area (Å²) >= 11 is 4.40. The third kappa shape index (κ3) is 2.92. The van der Waals surface area contributed by atoms with E-state index in [0.29, 0.717) is 0 Å². The highest BCUT2D eigenvalue weighted by Crippen LogP contribution is 2.18. The molecule has 0 aromatic heterocycles. The van der Waals surface area contributed by atoms with Crippen molar-refractivity contribution in [3.63, 3.8) is 0 Å². The minimum Gasteiger partial charge on any atom is -0.143 e. The van der Waals surface area contributed by atoms with Gasteiger partial charge in [-0.25, -0.2) is 0 Å². The molecule has 0 nitrogen and oxygen atoms in total. The normalized spacial score (nSPS) is 10.6. The number of benzene rings is 2. The molecule has 0 aliphatic rings. The number of aryl methyl sites for hydroxylation is 3. The Morgan fingerprint density at radius 1 is 0.765 bits per heavy atom. The summed E-state index contributed by atoms with van der Waals surface area (Å²) in [7, 11) is 0. The molecule has 88 valence electrons. The van der Waals surface area contributed by atoms with E-state index in [2.05, 4.69) is 69.8 Å². The van der Waals surface area contributed by atoms with E-state index in [9.17, 15) is 0 Å². The van der Waals surface area contributed by atoms with Crippen LogP contribution in [0.15, 0.2) is 41.3 Å². The largest absolute Gasteiger partial charge is 0.143 e. The molecule has 0 amide bonds. The molecule has 0 heterocycles. The van der Waals surface area contributed by atoms with Gasteiger partial charge in [-0.05, 0) is 61.1 Å². The van der Waals surface area contributed by atoms with E-state index >= 15 is 0 Å². The fraction of sp³-hybridized carbons (Fsp3) is 0.250. The molecular weight excluding hydrogens is 224 g/mol. The van der Waals surface area contributed by atoms with E-state index in [-0.39, 0.29) is 0 Å². The van der Waals surface area contributed by atoms with E-state index in [1.165, 1.54) is 27.8 Å². The smallest absolute Gasteiger partial charge is 0.00694 e. The van der Waals surface area contributed by atoms with Crippen LogP contribution in [0.2, 0.25) is 0 Å². The van der Waals surface area contributed by atoms with Crippen molar-refractivity contribution in [2.45, 2.75) is 32.1 Å². The molecule has 0 aliphatic carbocycles. The van der Waals surface area contributed by atoms with Gasteiger partial charge in [-0.2, -0.15) is 0 Å². The van der Waals surface area contributed by atoms with E-state index in [4.69, 9.17) is 0 Å². The average molecular weight is 242 g/mol. The number of thiol groups is 1. The third-order valence-electron chi connectivity index (χ3n) is 3.24. The van der Waals surface area contributed by atoms with Crippen molar-refractivity contribution in [3.8, 4) is 0 Å². The highest BCUT2D eigenvalue weighted by atomic mass is 32.1. The van der Waals surface area contributed by atoms with Crippen LogP contribution < -0.4 is 0 Å². The highest BCUT2D eigenvalue weighted by molar-refractivity contribution is 7.80. The van der Waals surface area contributed by atoms with Crippen molar-refractivity contribution < 1.29 is 0 Å². The molecule has 2 aromatic carbocycles. The lowest BCUT2D eigenvalue weighted by atomic mass is 10.00. The minimum absolute atomic E-state index is 0.996. The SMILES string of the molecule is Cc1ccc(Cc2ccc(S)c(C)c2)cc1C. The molecule has 0 spiro atoms. The van der Waals surface area contributed by atoms with Crippen LogP contribution in [-0.2, 0) is 6.42 Å². The van der Waals surface area contributed by atoms with Gasteiger partial charge in [-0.1, -0.05) is 30.3 Å². The predicted octanol–water partition coefficient (Wildman–Crippen LogP) is 4.49. The number of rotatable bonds is 2. The van der Waals surface area contributed by atoms with Crippen molar-refractivity contribution in [2.75, 3.05) is 0 Å². The fourth-order valence-corrected chi connectivity index (χ4v) is 2.12. The Kier molecular flexibility index (Phi) is 3.58. The molecule has 0 saturated heterocycles. The minimum atomic E-state index is 0.996. The number of hydrogen-bond donors (Lipinski definition) is 1. The molecule has 0 N–H and O–H groups in total. The van der Waals surface area contributed by atoms with Gasteiger partial charge >= 0.3 is 0 Å². The van der Waals surface area contributed by atoms with Gasteiger partial charge in [0.1, 0.15) is 0 Å². The van der Waals surface area contributed by atoms with E-state index in [1.54, 1.807) is 0 Å². The lowest BCUT2D eigenvalue weighted by molar-refractivity contribution is 1.14. The van der Waals surface area contributed by atoms with Crippen LogP contribution in [0.5, 0.6) is 0 Å². The van der Waals surface area contributed by atoms with Crippen LogP contribution >= 0.6 is 12.6 Å². The first-order chi connectivity index (χ1) is 8.06. The van der Waals surface area contributed by atoms with Crippen LogP contribution in [0.4, 0.5) is 0 Å². The Morgan fingerprint density at radius 2 is 1.35 bits per heavy atom. The monoisotopic (exact) mass is 242 g/mol. The van der Waals surface area contributed by atoms with Crippen LogP contribution in [0.3, 0.4) is 0 Å². The van der Waals surface area contributed by atoms with E-state index in [0.717, 1.165) is 11.3 Å². The third-order valence-corrected chi connectivity index (χ3v) is 3.74. The van der Waals surface area contributed by atoms with Gasteiger partial charge < -0.3 is 0 Å². The quantitative estimate of drug-likeness (QED) is 0.737. The molecule has 2 aromatic rings. The molecule has 0 saturated carbocycles. The van der Waals surface area contributed by atoms with Crippen molar-refractivity contribution in [2.24, 2.45) is 0 Å². The van der Waals surface area contributed by atoms with Crippen LogP contribution in [0, 0.1) is 20.8 Å². The van der Waals surface area contributed by atoms with Crippen molar-refractivity contribution in [3.05, 3.63) is 64.2 Å². The Hall–Kier alpha value is -1.21. The summed E-state index contributed by atoms with van der Waals surface area (Å²) in [5, 5.41) is 0. The first-order valence-corrected chi connectivity index (χ1v) is 6.35. The summed E-state index contributed by atoms with van der Waals surface area (Å²) < 4.78 is 0. The van der Waals surface area contributed by atoms with Gasteiger partial charge in [0.25, 0.3) is 0 Å². The maximum Gasteiger partial charge on any atom is 0.00694 e. The summed E-state index contributed by atoms with van der Waals surface area (Å²) in [6, 6.07) is 13.1.